The second-order valence-electron chi connectivity index (χ2n) is 5.25. The predicted molar refractivity (Wildman–Crippen MR) is 74.1 cm³/mol. The minimum Gasteiger partial charge on any atom is -0.404 e. The molecule has 3 N–H and O–H groups in total. The van der Waals surface area contributed by atoms with Crippen LogP contribution in [-0.4, -0.2) is 24.0 Å². The third-order valence-corrected chi connectivity index (χ3v) is 3.93. The van der Waals surface area contributed by atoms with E-state index in [4.69, 9.17) is 10.8 Å². The van der Waals surface area contributed by atoms with Crippen molar-refractivity contribution >= 4 is 6.21 Å². The van der Waals surface area contributed by atoms with Gasteiger partial charge in [-0.15, -0.1) is 11.8 Å². The summed E-state index contributed by atoms with van der Waals surface area (Å²) in [5.41, 5.74) is 6.87. The maximum Gasteiger partial charge on any atom is 0.0506 e. The quantitative estimate of drug-likeness (QED) is 0.587. The van der Waals surface area contributed by atoms with E-state index in [2.05, 4.69) is 16.8 Å². The first kappa shape index (κ1) is 13.2. The Morgan fingerprint density at radius 3 is 2.50 bits per heavy atom. The highest BCUT2D eigenvalue weighted by Crippen LogP contribution is 2.30. The number of hydrogen-bond acceptors (Lipinski definition) is 3. The molecule has 98 valence electrons. The van der Waals surface area contributed by atoms with Crippen LogP contribution in [0.1, 0.15) is 38.5 Å². The molecule has 18 heavy (non-hydrogen) atoms. The van der Waals surface area contributed by atoms with Gasteiger partial charge < -0.3 is 10.8 Å². The van der Waals surface area contributed by atoms with E-state index in [0.29, 0.717) is 24.5 Å². The molecule has 0 aromatic rings. The summed E-state index contributed by atoms with van der Waals surface area (Å²) in [6.07, 6.45) is 9.78. The highest BCUT2D eigenvalue weighted by atomic mass is 16.3. The van der Waals surface area contributed by atoms with Crippen molar-refractivity contribution in [2.75, 3.05) is 6.61 Å². The Labute approximate surface area is 109 Å². The molecule has 0 bridgehead atoms. The van der Waals surface area contributed by atoms with E-state index in [1.165, 1.54) is 0 Å². The lowest BCUT2D eigenvalue weighted by Crippen LogP contribution is -2.29. The Bertz CT molecular complexity index is 371. The van der Waals surface area contributed by atoms with Crippen molar-refractivity contribution < 1.29 is 5.11 Å². The molecule has 0 aliphatic heterocycles. The SMILES string of the molecule is NC=C(C=NC1CC(CO)C1)C1CCC#CCC1. The molecule has 0 spiro atoms. The molecule has 1 saturated carbocycles. The van der Waals surface area contributed by atoms with E-state index in [-0.39, 0.29) is 0 Å². The summed E-state index contributed by atoms with van der Waals surface area (Å²) in [5, 5.41) is 8.97. The third kappa shape index (κ3) is 3.36. The highest BCUT2D eigenvalue weighted by Gasteiger charge is 2.27. The number of rotatable bonds is 4. The second kappa shape index (κ2) is 6.61. The van der Waals surface area contributed by atoms with Crippen molar-refractivity contribution in [1.29, 1.82) is 0 Å². The fraction of sp³-hybridized carbons (Fsp3) is 0.667. The van der Waals surface area contributed by atoms with E-state index >= 15 is 0 Å². The molecule has 0 saturated heterocycles. The Hall–Kier alpha value is -1.27. The first-order valence-corrected chi connectivity index (χ1v) is 6.85. The van der Waals surface area contributed by atoms with Crippen LogP contribution in [0.4, 0.5) is 0 Å². The largest absolute Gasteiger partial charge is 0.404 e. The molecule has 0 atom stereocenters. The predicted octanol–water partition coefficient (Wildman–Crippen LogP) is 1.86. The van der Waals surface area contributed by atoms with Crippen molar-refractivity contribution in [3.63, 3.8) is 0 Å². The van der Waals surface area contributed by atoms with Crippen molar-refractivity contribution in [3.8, 4) is 11.8 Å². The van der Waals surface area contributed by atoms with Crippen LogP contribution in [0.15, 0.2) is 16.8 Å². The normalized spacial score (nSPS) is 29.5. The molecule has 0 aromatic heterocycles. The Morgan fingerprint density at radius 1 is 1.28 bits per heavy atom. The monoisotopic (exact) mass is 246 g/mol. The Morgan fingerprint density at radius 2 is 1.94 bits per heavy atom. The van der Waals surface area contributed by atoms with Crippen LogP contribution in [0.2, 0.25) is 0 Å². The average molecular weight is 246 g/mol. The van der Waals surface area contributed by atoms with Crippen LogP contribution < -0.4 is 5.73 Å². The molecule has 3 nitrogen and oxygen atoms in total. The van der Waals surface area contributed by atoms with Gasteiger partial charge in [0.1, 0.15) is 0 Å². The minimum absolute atomic E-state index is 0.297. The van der Waals surface area contributed by atoms with Crippen LogP contribution in [-0.2, 0) is 0 Å². The number of aliphatic imine (C=N–C) groups is 1. The molecule has 0 aromatic carbocycles. The summed E-state index contributed by atoms with van der Waals surface area (Å²) in [4.78, 5) is 4.58. The Balaban J connectivity index is 1.84. The minimum atomic E-state index is 0.297. The fourth-order valence-corrected chi connectivity index (χ4v) is 2.59. The lowest BCUT2D eigenvalue weighted by Gasteiger charge is -2.31. The van der Waals surface area contributed by atoms with Gasteiger partial charge in [0, 0.05) is 25.7 Å². The zero-order valence-corrected chi connectivity index (χ0v) is 10.8. The number of allylic oxidation sites excluding steroid dienone is 1. The molecule has 2 rings (SSSR count). The van der Waals surface area contributed by atoms with Crippen molar-refractivity contribution in [1.82, 2.24) is 0 Å². The number of hydrogen-bond donors (Lipinski definition) is 2. The van der Waals surface area contributed by atoms with Crippen LogP contribution in [0.25, 0.3) is 0 Å². The Kier molecular flexibility index (Phi) is 4.83. The zero-order valence-electron chi connectivity index (χ0n) is 10.8. The van der Waals surface area contributed by atoms with Gasteiger partial charge in [0.15, 0.2) is 0 Å². The van der Waals surface area contributed by atoms with E-state index in [9.17, 15) is 0 Å². The van der Waals surface area contributed by atoms with Gasteiger partial charge in [0.2, 0.25) is 0 Å². The van der Waals surface area contributed by atoms with Gasteiger partial charge in [-0.2, -0.15) is 0 Å². The first-order valence-electron chi connectivity index (χ1n) is 6.85. The average Bonchev–Trinajstić information content (AvgIpc) is 2.61. The topological polar surface area (TPSA) is 58.6 Å². The number of nitrogens with two attached hydrogens (primary N) is 1. The summed E-state index contributed by atoms with van der Waals surface area (Å²) in [5.74, 6) is 7.29. The third-order valence-electron chi connectivity index (χ3n) is 3.93. The van der Waals surface area contributed by atoms with Crippen molar-refractivity contribution in [2.45, 2.75) is 44.6 Å². The van der Waals surface area contributed by atoms with Gasteiger partial charge in [-0.1, -0.05) is 0 Å². The van der Waals surface area contributed by atoms with Crippen LogP contribution in [0.5, 0.6) is 0 Å². The van der Waals surface area contributed by atoms with E-state index in [0.717, 1.165) is 44.1 Å². The first-order chi connectivity index (χ1) is 8.83. The molecule has 0 unspecified atom stereocenters. The molecular weight excluding hydrogens is 224 g/mol. The molecule has 0 radical (unpaired) electrons. The van der Waals surface area contributed by atoms with E-state index in [1.54, 1.807) is 6.20 Å². The maximum atomic E-state index is 8.97. The fourth-order valence-electron chi connectivity index (χ4n) is 2.59. The summed E-state index contributed by atoms with van der Waals surface area (Å²) in [7, 11) is 0. The van der Waals surface area contributed by atoms with Gasteiger partial charge >= 0.3 is 0 Å². The second-order valence-corrected chi connectivity index (χ2v) is 5.25. The summed E-state index contributed by atoms with van der Waals surface area (Å²) >= 11 is 0. The zero-order chi connectivity index (χ0) is 12.8. The molecule has 0 amide bonds. The number of aliphatic hydroxyl groups is 1. The van der Waals surface area contributed by atoms with Crippen LogP contribution in [0.3, 0.4) is 0 Å². The molecule has 2 aliphatic rings. The van der Waals surface area contributed by atoms with Gasteiger partial charge in [-0.25, -0.2) is 0 Å². The van der Waals surface area contributed by atoms with E-state index < -0.39 is 0 Å². The lowest BCUT2D eigenvalue weighted by atomic mass is 9.81. The summed E-state index contributed by atoms with van der Waals surface area (Å²) < 4.78 is 0. The molecule has 2 aliphatic carbocycles. The highest BCUT2D eigenvalue weighted by molar-refractivity contribution is 5.79. The lowest BCUT2D eigenvalue weighted by molar-refractivity contribution is 0.145. The van der Waals surface area contributed by atoms with Crippen molar-refractivity contribution in [3.05, 3.63) is 11.8 Å². The molecular formula is C15H22N2O. The number of aliphatic hydroxyl groups excluding tert-OH is 1. The summed E-state index contributed by atoms with van der Waals surface area (Å²) in [6, 6.07) is 0.388. The van der Waals surface area contributed by atoms with Crippen molar-refractivity contribution in [2.24, 2.45) is 22.6 Å². The summed E-state index contributed by atoms with van der Waals surface area (Å²) in [6.45, 7) is 0.297. The maximum absolute atomic E-state index is 8.97. The van der Waals surface area contributed by atoms with Gasteiger partial charge in [0.25, 0.3) is 0 Å². The molecule has 3 heteroatoms. The van der Waals surface area contributed by atoms with E-state index in [1.807, 2.05) is 6.21 Å². The number of nitrogens with zero attached hydrogens (tertiary/aromatic N) is 1. The van der Waals surface area contributed by atoms with Gasteiger partial charge in [0.05, 0.1) is 6.04 Å². The van der Waals surface area contributed by atoms with Crippen LogP contribution >= 0.6 is 0 Å². The van der Waals surface area contributed by atoms with Crippen LogP contribution in [0, 0.1) is 23.7 Å². The standard InChI is InChI=1S/C15H22N2O/c16-9-14(13-5-3-1-2-4-6-13)10-17-15-7-12(8-15)11-18/h9-10,12-13,15,18H,3-8,11,16H2. The molecule has 1 fully saturated rings. The van der Waals surface area contributed by atoms with Gasteiger partial charge in [-0.3, -0.25) is 4.99 Å². The van der Waals surface area contributed by atoms with Gasteiger partial charge in [-0.05, 0) is 49.3 Å². The molecule has 0 heterocycles. The smallest absolute Gasteiger partial charge is 0.0506 e.